The molecule has 1 aromatic carbocycles. The Bertz CT molecular complexity index is 476. The maximum Gasteiger partial charge on any atom is 0.242 e. The number of ether oxygens (including phenoxy) is 1. The molecule has 1 aromatic heterocycles. The lowest BCUT2D eigenvalue weighted by molar-refractivity contribution is 0.295. The molecule has 0 saturated heterocycles. The van der Waals surface area contributed by atoms with Gasteiger partial charge in [0.2, 0.25) is 5.88 Å². The van der Waals surface area contributed by atoms with E-state index in [-0.39, 0.29) is 10.8 Å². The molecule has 1 heterocycles. The van der Waals surface area contributed by atoms with Crippen LogP contribution in [-0.2, 0) is 6.61 Å². The molecule has 0 aliphatic heterocycles. The van der Waals surface area contributed by atoms with Gasteiger partial charge in [-0.15, -0.1) is 0 Å². The fourth-order valence-electron chi connectivity index (χ4n) is 1.20. The summed E-state index contributed by atoms with van der Waals surface area (Å²) in [6.45, 7) is 0.401. The zero-order valence-corrected chi connectivity index (χ0v) is 9.19. The first kappa shape index (κ1) is 10.7. The molecule has 0 aliphatic rings. The molecule has 2 N–H and O–H groups in total. The highest BCUT2D eigenvalue weighted by Gasteiger charge is 2.06. The highest BCUT2D eigenvalue weighted by molar-refractivity contribution is 6.32. The highest BCUT2D eigenvalue weighted by atomic mass is 35.5. The van der Waals surface area contributed by atoms with E-state index in [4.69, 9.17) is 22.1 Å². The minimum atomic E-state index is 0.207. The number of aromatic nitrogens is 2. The third-order valence-electron chi connectivity index (χ3n) is 2.02. The van der Waals surface area contributed by atoms with E-state index in [1.165, 1.54) is 6.33 Å². The second-order valence-corrected chi connectivity index (χ2v) is 3.52. The van der Waals surface area contributed by atoms with E-state index in [0.29, 0.717) is 12.5 Å². The van der Waals surface area contributed by atoms with Crippen LogP contribution in [0.15, 0.2) is 36.7 Å². The molecule has 0 spiro atoms. The van der Waals surface area contributed by atoms with E-state index in [1.54, 1.807) is 0 Å². The zero-order valence-electron chi connectivity index (χ0n) is 8.43. The fraction of sp³-hybridized carbons (Fsp3) is 0.0909. The van der Waals surface area contributed by atoms with Crippen LogP contribution in [0.2, 0.25) is 5.15 Å². The summed E-state index contributed by atoms with van der Waals surface area (Å²) in [6, 6.07) is 9.74. The molecule has 2 rings (SSSR count). The molecule has 0 aliphatic carbocycles. The van der Waals surface area contributed by atoms with Gasteiger partial charge in [-0.2, -0.15) is 4.98 Å². The van der Waals surface area contributed by atoms with Gasteiger partial charge in [0.25, 0.3) is 0 Å². The first-order chi connectivity index (χ1) is 7.77. The fourth-order valence-corrected chi connectivity index (χ4v) is 1.32. The van der Waals surface area contributed by atoms with Crippen LogP contribution in [0, 0.1) is 0 Å². The average Bonchev–Trinajstić information content (AvgIpc) is 2.32. The molecule has 82 valence electrons. The van der Waals surface area contributed by atoms with Gasteiger partial charge in [0, 0.05) is 0 Å². The Morgan fingerprint density at radius 1 is 1.19 bits per heavy atom. The second kappa shape index (κ2) is 4.81. The largest absolute Gasteiger partial charge is 0.471 e. The van der Waals surface area contributed by atoms with Gasteiger partial charge in [0.1, 0.15) is 18.6 Å². The van der Waals surface area contributed by atoms with Gasteiger partial charge < -0.3 is 10.5 Å². The Morgan fingerprint density at radius 2 is 1.94 bits per heavy atom. The van der Waals surface area contributed by atoms with Gasteiger partial charge in [-0.25, -0.2) is 4.98 Å². The van der Waals surface area contributed by atoms with Gasteiger partial charge in [-0.1, -0.05) is 41.9 Å². The molecular formula is C11H10ClN3O. The Labute approximate surface area is 98.0 Å². The summed E-state index contributed by atoms with van der Waals surface area (Å²) in [6.07, 6.45) is 1.32. The van der Waals surface area contributed by atoms with Crippen molar-refractivity contribution in [3.05, 3.63) is 47.4 Å². The van der Waals surface area contributed by atoms with Crippen LogP contribution >= 0.6 is 11.6 Å². The predicted octanol–water partition coefficient (Wildman–Crippen LogP) is 2.29. The molecule has 0 bridgehead atoms. The normalized spacial score (nSPS) is 10.1. The molecule has 5 heteroatoms. The number of hydrogen-bond donors (Lipinski definition) is 1. The van der Waals surface area contributed by atoms with Gasteiger partial charge in [0.15, 0.2) is 5.15 Å². The van der Waals surface area contributed by atoms with Crippen molar-refractivity contribution in [1.29, 1.82) is 0 Å². The van der Waals surface area contributed by atoms with Crippen molar-refractivity contribution < 1.29 is 4.74 Å². The van der Waals surface area contributed by atoms with E-state index in [2.05, 4.69) is 9.97 Å². The number of anilines is 1. The number of benzene rings is 1. The van der Waals surface area contributed by atoms with Crippen molar-refractivity contribution in [2.75, 3.05) is 5.73 Å². The summed E-state index contributed by atoms with van der Waals surface area (Å²) in [7, 11) is 0. The van der Waals surface area contributed by atoms with E-state index in [9.17, 15) is 0 Å². The zero-order chi connectivity index (χ0) is 11.4. The van der Waals surface area contributed by atoms with E-state index in [1.807, 2.05) is 30.3 Å². The summed E-state index contributed by atoms with van der Waals surface area (Å²) < 4.78 is 5.44. The highest BCUT2D eigenvalue weighted by Crippen LogP contribution is 2.24. The molecule has 0 unspecified atom stereocenters. The smallest absolute Gasteiger partial charge is 0.242 e. The predicted molar refractivity (Wildman–Crippen MR) is 62.2 cm³/mol. The van der Waals surface area contributed by atoms with Crippen molar-refractivity contribution in [3.63, 3.8) is 0 Å². The maximum absolute atomic E-state index is 5.74. The number of nitrogens with two attached hydrogens (primary N) is 1. The molecule has 0 fully saturated rings. The molecule has 0 radical (unpaired) electrons. The SMILES string of the molecule is Nc1c(Cl)ncnc1OCc1ccccc1. The van der Waals surface area contributed by atoms with Crippen LogP contribution < -0.4 is 10.5 Å². The standard InChI is InChI=1S/C11H10ClN3O/c12-10-9(13)11(15-7-14-10)16-6-8-4-2-1-3-5-8/h1-5,7H,6,13H2. The van der Waals surface area contributed by atoms with Crippen molar-refractivity contribution >= 4 is 17.3 Å². The summed E-state index contributed by atoms with van der Waals surface area (Å²) in [4.78, 5) is 7.66. The minimum Gasteiger partial charge on any atom is -0.471 e. The number of nitrogens with zero attached hydrogens (tertiary/aromatic N) is 2. The molecule has 4 nitrogen and oxygen atoms in total. The quantitative estimate of drug-likeness (QED) is 0.830. The minimum absolute atomic E-state index is 0.207. The molecule has 16 heavy (non-hydrogen) atoms. The second-order valence-electron chi connectivity index (χ2n) is 3.16. The Morgan fingerprint density at radius 3 is 2.69 bits per heavy atom. The van der Waals surface area contributed by atoms with Crippen LogP contribution in [0.3, 0.4) is 0 Å². The van der Waals surface area contributed by atoms with E-state index < -0.39 is 0 Å². The van der Waals surface area contributed by atoms with Crippen LogP contribution in [0.5, 0.6) is 5.88 Å². The van der Waals surface area contributed by atoms with Crippen molar-refractivity contribution in [1.82, 2.24) is 9.97 Å². The molecule has 2 aromatic rings. The lowest BCUT2D eigenvalue weighted by atomic mass is 10.2. The topological polar surface area (TPSA) is 61.0 Å². The van der Waals surface area contributed by atoms with Gasteiger partial charge >= 0.3 is 0 Å². The molecule has 0 amide bonds. The molecular weight excluding hydrogens is 226 g/mol. The van der Waals surface area contributed by atoms with Crippen LogP contribution in [0.4, 0.5) is 5.69 Å². The third-order valence-corrected chi connectivity index (χ3v) is 2.32. The monoisotopic (exact) mass is 235 g/mol. The number of rotatable bonds is 3. The lowest BCUT2D eigenvalue weighted by Crippen LogP contribution is -2.02. The van der Waals surface area contributed by atoms with Crippen LogP contribution in [0.1, 0.15) is 5.56 Å². The summed E-state index contributed by atoms with van der Waals surface area (Å²) in [5.41, 5.74) is 6.97. The molecule has 0 atom stereocenters. The van der Waals surface area contributed by atoms with Crippen LogP contribution in [0.25, 0.3) is 0 Å². The first-order valence-electron chi connectivity index (χ1n) is 4.70. The van der Waals surface area contributed by atoms with Gasteiger partial charge in [-0.3, -0.25) is 0 Å². The number of hydrogen-bond acceptors (Lipinski definition) is 4. The van der Waals surface area contributed by atoms with E-state index >= 15 is 0 Å². The third kappa shape index (κ3) is 2.41. The maximum atomic E-state index is 5.74. The van der Waals surface area contributed by atoms with Crippen molar-refractivity contribution in [2.45, 2.75) is 6.61 Å². The van der Waals surface area contributed by atoms with Crippen LogP contribution in [-0.4, -0.2) is 9.97 Å². The van der Waals surface area contributed by atoms with Gasteiger partial charge in [0.05, 0.1) is 0 Å². The van der Waals surface area contributed by atoms with E-state index in [0.717, 1.165) is 5.56 Å². The summed E-state index contributed by atoms with van der Waals surface area (Å²) in [5, 5.41) is 0.207. The van der Waals surface area contributed by atoms with Gasteiger partial charge in [-0.05, 0) is 5.56 Å². The Kier molecular flexibility index (Phi) is 3.22. The van der Waals surface area contributed by atoms with Crippen molar-refractivity contribution in [3.8, 4) is 5.88 Å². The molecule has 0 saturated carbocycles. The first-order valence-corrected chi connectivity index (χ1v) is 5.08. The number of halogens is 1. The lowest BCUT2D eigenvalue weighted by Gasteiger charge is -2.07. The Hall–Kier alpha value is -1.81. The van der Waals surface area contributed by atoms with Crippen molar-refractivity contribution in [2.24, 2.45) is 0 Å². The summed E-state index contributed by atoms with van der Waals surface area (Å²) in [5.74, 6) is 0.309. The number of nitrogen functional groups attached to an aromatic ring is 1. The Balaban J connectivity index is 2.08. The average molecular weight is 236 g/mol. The summed E-state index contributed by atoms with van der Waals surface area (Å²) >= 11 is 5.74.